The van der Waals surface area contributed by atoms with Gasteiger partial charge in [0.2, 0.25) is 0 Å². The Balaban J connectivity index is 1.69. The normalized spacial score (nSPS) is 28.5. The van der Waals surface area contributed by atoms with E-state index in [9.17, 15) is 28.8 Å². The number of aromatic nitrogens is 4. The third kappa shape index (κ3) is 5.71. The standard InChI is InChI=1S/C10H16N5O13P3/c11-8-5-9(13-2-12-8)15(3-14-5)10-7(17)6(16)4(26-10)1-25-30(21,22)28-31(23,24)27-29(18,19)20/h2-4,6-7,10,16-17H,1H2,(H,21,22)(H,23,24)(H2,11,12,13)(H2,18,19,20)/t4-,6-,7-,10+/m1/s1. The van der Waals surface area contributed by atoms with Gasteiger partial charge >= 0.3 is 23.5 Å². The number of fused-ring (bicyclic) bond motifs is 1. The topological polar surface area (TPSA) is 279 Å². The van der Waals surface area contributed by atoms with Crippen molar-refractivity contribution >= 4 is 40.4 Å². The monoisotopic (exact) mass is 507 g/mol. The van der Waals surface area contributed by atoms with E-state index in [4.69, 9.17) is 25.2 Å². The first-order chi connectivity index (χ1) is 14.2. The van der Waals surface area contributed by atoms with Crippen LogP contribution in [-0.2, 0) is 31.6 Å². The molecule has 0 spiro atoms. The van der Waals surface area contributed by atoms with Gasteiger partial charge in [0, 0.05) is 0 Å². The van der Waals surface area contributed by atoms with Gasteiger partial charge in [-0.05, 0) is 0 Å². The maximum Gasteiger partial charge on any atom is 0.490 e. The number of hydrogen-bond acceptors (Lipinski definition) is 13. The Bertz CT molecular complexity index is 1100. The number of nitrogens with zero attached hydrogens (tertiary/aromatic N) is 4. The number of nitrogens with two attached hydrogens (primary N) is 1. The number of nitrogen functional groups attached to an aromatic ring is 1. The van der Waals surface area contributed by atoms with Gasteiger partial charge in [-0.25, -0.2) is 28.6 Å². The molecule has 1 aliphatic rings. The largest absolute Gasteiger partial charge is 0.490 e. The molecule has 0 radical (unpaired) electrons. The third-order valence-corrected chi connectivity index (χ3v) is 7.62. The van der Waals surface area contributed by atoms with Crippen LogP contribution in [0.15, 0.2) is 12.7 Å². The Kier molecular flexibility index (Phi) is 6.68. The molecule has 1 fully saturated rings. The molecule has 0 aliphatic carbocycles. The number of ether oxygens (including phenoxy) is 1. The van der Waals surface area contributed by atoms with Crippen molar-refractivity contribution in [2.75, 3.05) is 12.3 Å². The van der Waals surface area contributed by atoms with Crippen molar-refractivity contribution in [3.8, 4) is 0 Å². The molecule has 0 saturated carbocycles. The van der Waals surface area contributed by atoms with Crippen molar-refractivity contribution in [2.45, 2.75) is 24.5 Å². The molecular weight excluding hydrogens is 491 g/mol. The number of hydrogen-bond donors (Lipinski definition) is 7. The lowest BCUT2D eigenvalue weighted by atomic mass is 10.1. The Morgan fingerprint density at radius 2 is 1.71 bits per heavy atom. The van der Waals surface area contributed by atoms with Gasteiger partial charge in [-0.15, -0.1) is 0 Å². The Hall–Kier alpha value is -1.36. The summed E-state index contributed by atoms with van der Waals surface area (Å²) in [4.78, 5) is 47.2. The number of rotatable bonds is 8. The molecule has 174 valence electrons. The number of aliphatic hydroxyl groups excluding tert-OH is 2. The molecular formula is C10H16N5O13P3. The molecule has 0 amide bonds. The van der Waals surface area contributed by atoms with Crippen LogP contribution in [0.3, 0.4) is 0 Å². The molecule has 2 aromatic heterocycles. The van der Waals surface area contributed by atoms with Crippen LogP contribution in [0.1, 0.15) is 6.23 Å². The highest BCUT2D eigenvalue weighted by molar-refractivity contribution is 7.66. The van der Waals surface area contributed by atoms with Gasteiger partial charge in [-0.3, -0.25) is 9.09 Å². The SMILES string of the molecule is Nc1ncnc2c1ncn2[C@H]1O[C@H](COP(=O)(O)OP(=O)(O)OP(=O)(O)O)[C@@H](O)[C@H]1O. The zero-order valence-corrected chi connectivity index (χ0v) is 17.6. The van der Waals surface area contributed by atoms with Crippen LogP contribution in [-0.4, -0.2) is 74.2 Å². The summed E-state index contributed by atoms with van der Waals surface area (Å²) in [6, 6.07) is 0. The highest BCUT2D eigenvalue weighted by atomic mass is 31.3. The molecule has 8 N–H and O–H groups in total. The van der Waals surface area contributed by atoms with Gasteiger partial charge in [0.25, 0.3) is 0 Å². The average Bonchev–Trinajstić information content (AvgIpc) is 3.13. The van der Waals surface area contributed by atoms with Crippen molar-refractivity contribution in [3.05, 3.63) is 12.7 Å². The molecule has 2 aromatic rings. The fraction of sp³-hybridized carbons (Fsp3) is 0.500. The van der Waals surface area contributed by atoms with Gasteiger partial charge in [0.05, 0.1) is 12.9 Å². The van der Waals surface area contributed by atoms with Crippen molar-refractivity contribution in [1.82, 2.24) is 19.5 Å². The molecule has 0 bridgehead atoms. The van der Waals surface area contributed by atoms with Crippen LogP contribution in [0.4, 0.5) is 5.82 Å². The first kappa shape index (κ1) is 24.3. The molecule has 31 heavy (non-hydrogen) atoms. The maximum absolute atomic E-state index is 11.8. The van der Waals surface area contributed by atoms with Gasteiger partial charge in [0.1, 0.15) is 30.2 Å². The smallest absolute Gasteiger partial charge is 0.387 e. The summed E-state index contributed by atoms with van der Waals surface area (Å²) in [5, 5.41) is 20.4. The fourth-order valence-corrected chi connectivity index (χ4v) is 5.65. The summed E-state index contributed by atoms with van der Waals surface area (Å²) in [6.07, 6.45) is -3.69. The Labute approximate surface area is 171 Å². The predicted octanol–water partition coefficient (Wildman–Crippen LogP) is -1.63. The second-order valence-electron chi connectivity index (χ2n) is 6.02. The molecule has 0 aromatic carbocycles. The number of aliphatic hydroxyl groups is 2. The molecule has 2 unspecified atom stereocenters. The van der Waals surface area contributed by atoms with Crippen LogP contribution in [0.5, 0.6) is 0 Å². The van der Waals surface area contributed by atoms with E-state index >= 15 is 0 Å². The van der Waals surface area contributed by atoms with E-state index in [1.54, 1.807) is 0 Å². The van der Waals surface area contributed by atoms with Crippen LogP contribution in [0, 0.1) is 0 Å². The summed E-state index contributed by atoms with van der Waals surface area (Å²) in [6.45, 7) is -0.956. The summed E-state index contributed by atoms with van der Waals surface area (Å²) >= 11 is 0. The number of anilines is 1. The lowest BCUT2D eigenvalue weighted by Gasteiger charge is -2.19. The molecule has 1 aliphatic heterocycles. The van der Waals surface area contributed by atoms with E-state index in [1.807, 2.05) is 0 Å². The van der Waals surface area contributed by atoms with Crippen LogP contribution < -0.4 is 5.73 Å². The zero-order valence-electron chi connectivity index (χ0n) is 14.9. The number of imidazole rings is 1. The van der Waals surface area contributed by atoms with Gasteiger partial charge in [-0.1, -0.05) is 0 Å². The number of phosphoric ester groups is 1. The first-order valence-corrected chi connectivity index (χ1v) is 12.4. The van der Waals surface area contributed by atoms with Crippen LogP contribution in [0.25, 0.3) is 11.2 Å². The Morgan fingerprint density at radius 1 is 1.03 bits per heavy atom. The highest BCUT2D eigenvalue weighted by Gasteiger charge is 2.47. The van der Waals surface area contributed by atoms with E-state index in [1.165, 1.54) is 10.9 Å². The molecule has 21 heteroatoms. The molecule has 3 heterocycles. The second kappa shape index (κ2) is 8.53. The fourth-order valence-electron chi connectivity index (χ4n) is 2.62. The number of phosphoric acid groups is 3. The summed E-state index contributed by atoms with van der Waals surface area (Å²) < 4.78 is 51.9. The predicted molar refractivity (Wildman–Crippen MR) is 95.5 cm³/mol. The van der Waals surface area contributed by atoms with Gasteiger partial charge in [0.15, 0.2) is 17.7 Å². The minimum absolute atomic E-state index is 0.0426. The van der Waals surface area contributed by atoms with E-state index in [0.29, 0.717) is 0 Å². The molecule has 18 nitrogen and oxygen atoms in total. The lowest BCUT2D eigenvalue weighted by Crippen LogP contribution is -2.33. The van der Waals surface area contributed by atoms with Crippen LogP contribution in [0.2, 0.25) is 0 Å². The average molecular weight is 507 g/mol. The van der Waals surface area contributed by atoms with E-state index < -0.39 is 54.6 Å². The van der Waals surface area contributed by atoms with Crippen LogP contribution >= 0.6 is 23.5 Å². The maximum atomic E-state index is 11.8. The third-order valence-electron chi connectivity index (χ3n) is 3.82. The first-order valence-electron chi connectivity index (χ1n) is 7.92. The summed E-state index contributed by atoms with van der Waals surface area (Å²) in [5.74, 6) is 0.0426. The molecule has 1 saturated heterocycles. The quantitative estimate of drug-likeness (QED) is 0.197. The summed E-state index contributed by atoms with van der Waals surface area (Å²) in [5.41, 5.74) is 6.00. The van der Waals surface area contributed by atoms with E-state index in [-0.39, 0.29) is 17.0 Å². The van der Waals surface area contributed by atoms with Crippen molar-refractivity contribution in [2.24, 2.45) is 0 Å². The van der Waals surface area contributed by atoms with Crippen molar-refractivity contribution in [3.63, 3.8) is 0 Å². The van der Waals surface area contributed by atoms with E-state index in [2.05, 4.69) is 28.1 Å². The second-order valence-corrected chi connectivity index (χ2v) is 10.4. The zero-order chi connectivity index (χ0) is 23.2. The minimum atomic E-state index is -5.70. The molecule has 3 rings (SSSR count). The summed E-state index contributed by atoms with van der Waals surface area (Å²) in [7, 11) is -16.7. The van der Waals surface area contributed by atoms with Crippen molar-refractivity contribution < 1.29 is 61.4 Å². The van der Waals surface area contributed by atoms with Gasteiger partial charge < -0.3 is 40.3 Å². The Morgan fingerprint density at radius 3 is 2.35 bits per heavy atom. The molecule has 6 atom stereocenters. The minimum Gasteiger partial charge on any atom is -0.387 e. The van der Waals surface area contributed by atoms with E-state index in [0.717, 1.165) is 6.33 Å². The lowest BCUT2D eigenvalue weighted by molar-refractivity contribution is -0.0503. The van der Waals surface area contributed by atoms with Gasteiger partial charge in [-0.2, -0.15) is 8.62 Å². The highest BCUT2D eigenvalue weighted by Crippen LogP contribution is 2.66. The van der Waals surface area contributed by atoms with Crippen molar-refractivity contribution in [1.29, 1.82) is 0 Å².